The van der Waals surface area contributed by atoms with Gasteiger partial charge in [0, 0.05) is 23.5 Å². The Kier molecular flexibility index (Phi) is 5.38. The lowest BCUT2D eigenvalue weighted by Gasteiger charge is -2.17. The van der Waals surface area contributed by atoms with Crippen molar-refractivity contribution in [1.82, 2.24) is 4.57 Å². The summed E-state index contributed by atoms with van der Waals surface area (Å²) < 4.78 is 2.21. The molecule has 0 aliphatic rings. The second-order valence-corrected chi connectivity index (χ2v) is 7.39. The number of hydrogen-bond donors (Lipinski definition) is 0. The molecule has 0 saturated carbocycles. The second-order valence-electron chi connectivity index (χ2n) is 7.39. The van der Waals surface area contributed by atoms with E-state index in [0.717, 1.165) is 22.6 Å². The highest BCUT2D eigenvalue weighted by molar-refractivity contribution is 5.90. The average molecular weight is 385 g/mol. The van der Waals surface area contributed by atoms with Crippen LogP contribution in [0.15, 0.2) is 42.5 Å². The van der Waals surface area contributed by atoms with Gasteiger partial charge in [-0.1, -0.05) is 29.8 Å². The Bertz CT molecular complexity index is 1170. The number of nitro groups is 1. The third-order valence-electron chi connectivity index (χ3n) is 5.12. The van der Waals surface area contributed by atoms with Gasteiger partial charge in [-0.25, -0.2) is 0 Å². The van der Waals surface area contributed by atoms with Gasteiger partial charge in [0.25, 0.3) is 5.69 Å². The third kappa shape index (κ3) is 3.83. The zero-order valence-electron chi connectivity index (χ0n) is 17.3. The van der Waals surface area contributed by atoms with E-state index in [4.69, 9.17) is 0 Å². The molecule has 2 aromatic carbocycles. The van der Waals surface area contributed by atoms with Gasteiger partial charge in [0.1, 0.15) is 0 Å². The summed E-state index contributed by atoms with van der Waals surface area (Å²) in [5, 5.41) is 20.7. The largest absolute Gasteiger partial charge is 0.317 e. The molecule has 0 spiro atoms. The lowest BCUT2D eigenvalue weighted by atomic mass is 10.0. The molecule has 0 N–H and O–H groups in total. The first kappa shape index (κ1) is 20.1. The molecule has 0 atom stereocenters. The number of nitriles is 1. The topological polar surface area (TPSA) is 71.9 Å². The summed E-state index contributed by atoms with van der Waals surface area (Å²) in [5.41, 5.74) is 8.68. The standard InChI is InChI=1S/C24H23N3O2/c1-15-9-16(2)24(17(3)10-15)26-18(4)11-21(19(26)5)12-22(14-25)20-7-6-8-23(13-20)27(28)29/h6-13H,1-5H3. The minimum Gasteiger partial charge on any atom is -0.317 e. The van der Waals surface area contributed by atoms with E-state index in [9.17, 15) is 15.4 Å². The Labute approximate surface area is 170 Å². The maximum atomic E-state index is 11.1. The maximum Gasteiger partial charge on any atom is 0.270 e. The van der Waals surface area contributed by atoms with Crippen molar-refractivity contribution in [3.63, 3.8) is 0 Å². The average Bonchev–Trinajstić information content (AvgIpc) is 2.93. The molecule has 3 rings (SSSR count). The predicted molar refractivity (Wildman–Crippen MR) is 116 cm³/mol. The van der Waals surface area contributed by atoms with E-state index in [1.165, 1.54) is 28.8 Å². The van der Waals surface area contributed by atoms with Gasteiger partial charge in [-0.05, 0) is 69.0 Å². The molecule has 1 heterocycles. The molecule has 0 aliphatic heterocycles. The predicted octanol–water partition coefficient (Wildman–Crippen LogP) is 5.99. The van der Waals surface area contributed by atoms with Gasteiger partial charge in [-0.2, -0.15) is 5.26 Å². The Morgan fingerprint density at radius 1 is 1.07 bits per heavy atom. The van der Waals surface area contributed by atoms with Crippen LogP contribution in [-0.4, -0.2) is 9.49 Å². The van der Waals surface area contributed by atoms with Crippen LogP contribution in [0.5, 0.6) is 0 Å². The van der Waals surface area contributed by atoms with Crippen molar-refractivity contribution in [1.29, 1.82) is 5.26 Å². The smallest absolute Gasteiger partial charge is 0.270 e. The third-order valence-corrected chi connectivity index (χ3v) is 5.12. The van der Waals surface area contributed by atoms with Crippen LogP contribution >= 0.6 is 0 Å². The van der Waals surface area contributed by atoms with Crippen molar-refractivity contribution in [3.8, 4) is 11.8 Å². The number of nitrogens with zero attached hydrogens (tertiary/aromatic N) is 3. The number of non-ortho nitro benzene ring substituents is 1. The van der Waals surface area contributed by atoms with Crippen molar-refractivity contribution in [2.45, 2.75) is 34.6 Å². The normalized spacial score (nSPS) is 11.4. The van der Waals surface area contributed by atoms with Crippen molar-refractivity contribution in [2.75, 3.05) is 0 Å². The van der Waals surface area contributed by atoms with Crippen molar-refractivity contribution in [2.24, 2.45) is 0 Å². The minimum atomic E-state index is -0.451. The van der Waals surface area contributed by atoms with Crippen LogP contribution in [0, 0.1) is 56.1 Å². The molecular formula is C24H23N3O2. The van der Waals surface area contributed by atoms with E-state index in [2.05, 4.69) is 43.5 Å². The first-order valence-electron chi connectivity index (χ1n) is 9.36. The van der Waals surface area contributed by atoms with Crippen molar-refractivity contribution < 1.29 is 4.92 Å². The highest BCUT2D eigenvalue weighted by Crippen LogP contribution is 2.29. The molecule has 29 heavy (non-hydrogen) atoms. The van der Waals surface area contributed by atoms with Crippen LogP contribution < -0.4 is 0 Å². The van der Waals surface area contributed by atoms with E-state index in [1.54, 1.807) is 18.2 Å². The number of hydrogen-bond acceptors (Lipinski definition) is 3. The van der Waals surface area contributed by atoms with Crippen molar-refractivity contribution in [3.05, 3.63) is 91.8 Å². The number of nitro benzene ring substituents is 1. The summed E-state index contributed by atoms with van der Waals surface area (Å²) in [5.74, 6) is 0. The van der Waals surface area contributed by atoms with Gasteiger partial charge in [-0.15, -0.1) is 0 Å². The van der Waals surface area contributed by atoms with E-state index in [1.807, 2.05) is 19.9 Å². The summed E-state index contributed by atoms with van der Waals surface area (Å²) in [6.45, 7) is 10.4. The molecule has 1 aromatic heterocycles. The number of aromatic nitrogens is 1. The van der Waals surface area contributed by atoms with Crippen LogP contribution in [0.25, 0.3) is 17.3 Å². The van der Waals surface area contributed by atoms with Crippen LogP contribution in [0.4, 0.5) is 5.69 Å². The quantitative estimate of drug-likeness (QED) is 0.314. The highest BCUT2D eigenvalue weighted by Gasteiger charge is 2.15. The van der Waals surface area contributed by atoms with Gasteiger partial charge in [0.05, 0.1) is 22.3 Å². The molecule has 146 valence electrons. The number of allylic oxidation sites excluding steroid dienone is 1. The molecule has 0 bridgehead atoms. The van der Waals surface area contributed by atoms with Gasteiger partial charge in [-0.3, -0.25) is 10.1 Å². The fourth-order valence-electron chi connectivity index (χ4n) is 3.93. The van der Waals surface area contributed by atoms with E-state index >= 15 is 0 Å². The number of rotatable bonds is 4. The van der Waals surface area contributed by atoms with Gasteiger partial charge in [0.15, 0.2) is 0 Å². The zero-order valence-corrected chi connectivity index (χ0v) is 17.3. The summed E-state index contributed by atoms with van der Waals surface area (Å²) in [6, 6.07) is 14.7. The molecule has 5 nitrogen and oxygen atoms in total. The molecule has 0 fully saturated rings. The SMILES string of the molecule is Cc1cc(C)c(-n2c(C)cc(C=C(C#N)c3cccc([N+](=O)[O-])c3)c2C)c(C)c1. The maximum absolute atomic E-state index is 11.1. The Balaban J connectivity index is 2.14. The summed E-state index contributed by atoms with van der Waals surface area (Å²) in [7, 11) is 0. The summed E-state index contributed by atoms with van der Waals surface area (Å²) in [6.07, 6.45) is 1.80. The first-order valence-corrected chi connectivity index (χ1v) is 9.36. The monoisotopic (exact) mass is 385 g/mol. The van der Waals surface area contributed by atoms with Crippen LogP contribution in [-0.2, 0) is 0 Å². The summed E-state index contributed by atoms with van der Waals surface area (Å²) >= 11 is 0. The van der Waals surface area contributed by atoms with Gasteiger partial charge in [0.2, 0.25) is 0 Å². The van der Waals surface area contributed by atoms with Crippen LogP contribution in [0.1, 0.15) is 39.2 Å². The fraction of sp³-hybridized carbons (Fsp3) is 0.208. The number of benzene rings is 2. The van der Waals surface area contributed by atoms with E-state index < -0.39 is 4.92 Å². The van der Waals surface area contributed by atoms with Gasteiger partial charge < -0.3 is 4.57 Å². The minimum absolute atomic E-state index is 0.0278. The van der Waals surface area contributed by atoms with Crippen LogP contribution in [0.2, 0.25) is 0 Å². The molecule has 5 heteroatoms. The highest BCUT2D eigenvalue weighted by atomic mass is 16.6. The molecule has 0 radical (unpaired) electrons. The fourth-order valence-corrected chi connectivity index (χ4v) is 3.93. The second kappa shape index (κ2) is 7.76. The molecular weight excluding hydrogens is 362 g/mol. The Hall–Kier alpha value is -3.65. The lowest BCUT2D eigenvalue weighted by Crippen LogP contribution is -2.04. The van der Waals surface area contributed by atoms with E-state index in [0.29, 0.717) is 11.1 Å². The molecule has 0 unspecified atom stereocenters. The molecule has 0 saturated heterocycles. The Morgan fingerprint density at radius 2 is 1.72 bits per heavy atom. The van der Waals surface area contributed by atoms with Crippen molar-refractivity contribution >= 4 is 17.3 Å². The number of aryl methyl sites for hydroxylation is 4. The summed E-state index contributed by atoms with van der Waals surface area (Å²) in [4.78, 5) is 10.6. The van der Waals surface area contributed by atoms with E-state index in [-0.39, 0.29) is 5.69 Å². The lowest BCUT2D eigenvalue weighted by molar-refractivity contribution is -0.384. The van der Waals surface area contributed by atoms with Gasteiger partial charge >= 0.3 is 0 Å². The van der Waals surface area contributed by atoms with Crippen LogP contribution in [0.3, 0.4) is 0 Å². The zero-order chi connectivity index (χ0) is 21.3. The first-order chi connectivity index (χ1) is 13.7. The Morgan fingerprint density at radius 3 is 2.31 bits per heavy atom. The molecule has 0 amide bonds. The molecule has 3 aromatic rings. The molecule has 0 aliphatic carbocycles.